The van der Waals surface area contributed by atoms with Crippen LogP contribution in [0.1, 0.15) is 49.3 Å². The molecule has 3 nitrogen and oxygen atoms in total. The smallest absolute Gasteiger partial charge is 0.123 e. The molecule has 0 saturated carbocycles. The second kappa shape index (κ2) is 16.6. The first-order valence-electron chi connectivity index (χ1n) is 18.2. The molecule has 8 aromatic rings. The van der Waals surface area contributed by atoms with Gasteiger partial charge in [0.15, 0.2) is 0 Å². The molecule has 0 bridgehead atoms. The fourth-order valence-electron chi connectivity index (χ4n) is 6.82. The molecule has 1 atom stereocenters. The van der Waals surface area contributed by atoms with Crippen LogP contribution in [0.15, 0.2) is 144 Å². The monoisotopic (exact) mass is 903 g/mol. The Morgan fingerprint density at radius 1 is 0.667 bits per heavy atom. The minimum absolute atomic E-state index is 0. The fraction of sp³-hybridized carbons (Fsp3) is 0.167. The Morgan fingerprint density at radius 3 is 2.11 bits per heavy atom. The van der Waals surface area contributed by atoms with Gasteiger partial charge in [-0.2, -0.15) is 0 Å². The molecule has 0 saturated heterocycles. The molecule has 3 heterocycles. The van der Waals surface area contributed by atoms with Crippen LogP contribution in [0, 0.1) is 17.9 Å². The number of halogens is 1. The van der Waals surface area contributed by atoms with Crippen molar-refractivity contribution in [2.75, 3.05) is 0 Å². The summed E-state index contributed by atoms with van der Waals surface area (Å²) in [6.45, 7) is 13.9. The normalized spacial score (nSPS) is 11.9. The van der Waals surface area contributed by atoms with Gasteiger partial charge in [-0.05, 0) is 69.0 Å². The van der Waals surface area contributed by atoms with Crippen molar-refractivity contribution < 1.29 is 28.9 Å². The van der Waals surface area contributed by atoms with Crippen LogP contribution in [-0.4, -0.2) is 18.0 Å². The molecule has 0 spiro atoms. The van der Waals surface area contributed by atoms with E-state index in [2.05, 4.69) is 123 Å². The molecular formula is C48H43FIrN2OSi-2. The number of furan rings is 1. The zero-order chi connectivity index (χ0) is 37.1. The van der Waals surface area contributed by atoms with E-state index in [9.17, 15) is 4.39 Å². The first-order valence-corrected chi connectivity index (χ1v) is 21.7. The Bertz CT molecular complexity index is 2490. The maximum atomic E-state index is 13.3. The van der Waals surface area contributed by atoms with Crippen LogP contribution in [0.4, 0.5) is 4.39 Å². The zero-order valence-corrected chi connectivity index (χ0v) is 34.8. The predicted molar refractivity (Wildman–Crippen MR) is 221 cm³/mol. The fourth-order valence-corrected chi connectivity index (χ4v) is 8.49. The van der Waals surface area contributed by atoms with Crippen LogP contribution >= 0.6 is 0 Å². The maximum absolute atomic E-state index is 13.3. The van der Waals surface area contributed by atoms with E-state index in [1.54, 1.807) is 12.1 Å². The van der Waals surface area contributed by atoms with Gasteiger partial charge in [0.2, 0.25) is 0 Å². The molecule has 0 fully saturated rings. The second-order valence-electron chi connectivity index (χ2n) is 14.9. The number of hydrogen-bond donors (Lipinski definition) is 0. The predicted octanol–water partition coefficient (Wildman–Crippen LogP) is 12.6. The van der Waals surface area contributed by atoms with Crippen molar-refractivity contribution in [2.24, 2.45) is 0 Å². The van der Waals surface area contributed by atoms with Crippen molar-refractivity contribution in [1.29, 1.82) is 0 Å². The molecule has 6 heteroatoms. The molecule has 0 amide bonds. The van der Waals surface area contributed by atoms with Gasteiger partial charge in [-0.1, -0.05) is 124 Å². The molecule has 0 aliphatic heterocycles. The van der Waals surface area contributed by atoms with Gasteiger partial charge < -0.3 is 14.4 Å². The number of hydrogen-bond acceptors (Lipinski definition) is 3. The number of fused-ring (bicyclic) bond motifs is 3. The molecule has 54 heavy (non-hydrogen) atoms. The van der Waals surface area contributed by atoms with Gasteiger partial charge in [-0.25, -0.2) is 4.39 Å². The first kappa shape index (κ1) is 38.7. The quantitative estimate of drug-likeness (QED) is 0.118. The molecular weight excluding hydrogens is 860 g/mol. The van der Waals surface area contributed by atoms with Crippen LogP contribution in [0.2, 0.25) is 19.6 Å². The zero-order valence-electron chi connectivity index (χ0n) is 31.4. The third-order valence-electron chi connectivity index (χ3n) is 9.80. The molecule has 1 unspecified atom stereocenters. The Balaban J connectivity index is 0.000000213. The number of aromatic nitrogens is 2. The van der Waals surface area contributed by atoms with E-state index in [0.29, 0.717) is 5.92 Å². The molecule has 0 aliphatic carbocycles. The van der Waals surface area contributed by atoms with Crippen LogP contribution in [-0.2, 0) is 20.1 Å². The maximum Gasteiger partial charge on any atom is 0.123 e. The Kier molecular flexibility index (Phi) is 11.9. The summed E-state index contributed by atoms with van der Waals surface area (Å²) in [5.41, 5.74) is 11.2. The van der Waals surface area contributed by atoms with Crippen molar-refractivity contribution >= 4 is 35.2 Å². The molecule has 273 valence electrons. The Labute approximate surface area is 332 Å². The summed E-state index contributed by atoms with van der Waals surface area (Å²) < 4.78 is 19.7. The van der Waals surface area contributed by atoms with Crippen molar-refractivity contribution in [2.45, 2.75) is 52.2 Å². The summed E-state index contributed by atoms with van der Waals surface area (Å²) in [5, 5.41) is 3.53. The van der Waals surface area contributed by atoms with Crippen molar-refractivity contribution in [3.63, 3.8) is 0 Å². The minimum atomic E-state index is -1.34. The Hall–Kier alpha value is -5.00. The van der Waals surface area contributed by atoms with E-state index in [0.717, 1.165) is 55.6 Å². The molecule has 1 radical (unpaired) electrons. The van der Waals surface area contributed by atoms with Gasteiger partial charge >= 0.3 is 0 Å². The minimum Gasteiger partial charge on any atom is -0.501 e. The van der Waals surface area contributed by atoms with Gasteiger partial charge in [-0.3, -0.25) is 0 Å². The first-order chi connectivity index (χ1) is 25.6. The summed E-state index contributed by atoms with van der Waals surface area (Å²) in [7, 11) is -1.34. The average Bonchev–Trinajstić information content (AvgIpc) is 3.56. The van der Waals surface area contributed by atoms with E-state index < -0.39 is 8.07 Å². The summed E-state index contributed by atoms with van der Waals surface area (Å²) in [4.78, 5) is 9.31. The van der Waals surface area contributed by atoms with E-state index in [1.165, 1.54) is 34.0 Å². The number of benzene rings is 5. The molecule has 5 aromatic carbocycles. The van der Waals surface area contributed by atoms with Crippen LogP contribution < -0.4 is 5.19 Å². The third kappa shape index (κ3) is 8.37. The number of pyridine rings is 2. The summed E-state index contributed by atoms with van der Waals surface area (Å²) in [5.74, 6) is 0.535. The van der Waals surface area contributed by atoms with Crippen molar-refractivity contribution in [1.82, 2.24) is 9.97 Å². The third-order valence-corrected chi connectivity index (χ3v) is 11.8. The van der Waals surface area contributed by atoms with E-state index >= 15 is 0 Å². The topological polar surface area (TPSA) is 38.9 Å². The molecule has 0 aliphatic rings. The van der Waals surface area contributed by atoms with Crippen LogP contribution in [0.25, 0.3) is 55.6 Å². The van der Waals surface area contributed by atoms with Gasteiger partial charge in [-0.15, -0.1) is 54.1 Å². The van der Waals surface area contributed by atoms with E-state index in [-0.39, 0.29) is 31.8 Å². The largest absolute Gasteiger partial charge is 0.501 e. The Morgan fingerprint density at radius 2 is 1.41 bits per heavy atom. The van der Waals surface area contributed by atoms with Crippen molar-refractivity contribution in [3.8, 4) is 33.6 Å². The molecule has 8 rings (SSSR count). The number of nitrogens with zero attached hydrogens (tertiary/aromatic N) is 2. The molecule has 0 N–H and O–H groups in total. The van der Waals surface area contributed by atoms with Crippen LogP contribution in [0.5, 0.6) is 0 Å². The van der Waals surface area contributed by atoms with Crippen LogP contribution in [0.3, 0.4) is 0 Å². The van der Waals surface area contributed by atoms with Gasteiger partial charge in [0.25, 0.3) is 0 Å². The van der Waals surface area contributed by atoms with Gasteiger partial charge in [0, 0.05) is 43.8 Å². The van der Waals surface area contributed by atoms with Crippen molar-refractivity contribution in [3.05, 3.63) is 174 Å². The SMILES string of the molecule is CC(C)c1cc(-c2[c-]cccc2)ncc1[Si](C)(C)C.CC(c1ccccc1)c1ccnc(-c2[c-]ccc3c2oc2cc(-c4ccc(F)cc4)ccc23)c1.[Ir]. The molecule has 3 aromatic heterocycles. The standard InChI is InChI=1S/C31H21FNO.C17H22NSi.Ir/c1-20(21-6-3-2-4-7-21)23-16-17-33-29(18-23)28-9-5-8-27-26-15-12-24(19-30(26)34-31(27)28)22-10-13-25(32)14-11-22;1-13(2)15-11-16(14-9-7-6-8-10-14)18-12-17(15)19(3,4)5;/h2-8,10-20H,1H3;6-9,11-13H,1-5H3;/q2*-1;. The number of rotatable bonds is 7. The summed E-state index contributed by atoms with van der Waals surface area (Å²) >= 11 is 0. The summed E-state index contributed by atoms with van der Waals surface area (Å²) in [6.07, 6.45) is 3.95. The van der Waals surface area contributed by atoms with E-state index in [4.69, 9.17) is 4.42 Å². The van der Waals surface area contributed by atoms with E-state index in [1.807, 2.05) is 54.7 Å². The second-order valence-corrected chi connectivity index (χ2v) is 19.9. The van der Waals surface area contributed by atoms with Gasteiger partial charge in [0.05, 0.1) is 13.7 Å². The van der Waals surface area contributed by atoms with Gasteiger partial charge in [0.1, 0.15) is 11.4 Å². The summed E-state index contributed by atoms with van der Waals surface area (Å²) in [6, 6.07) is 48.1. The average molecular weight is 903 g/mol.